The molecule has 29 heavy (non-hydrogen) atoms. The smallest absolute Gasteiger partial charge is 0.383 e. The van der Waals surface area contributed by atoms with E-state index in [0.717, 1.165) is 30.8 Å². The summed E-state index contributed by atoms with van der Waals surface area (Å²) in [7, 11) is 3.24. The Balaban J connectivity index is 1.76. The summed E-state index contributed by atoms with van der Waals surface area (Å²) in [5.74, 6) is 0.519. The average Bonchev–Trinajstić information content (AvgIpc) is 2.69. The van der Waals surface area contributed by atoms with Crippen molar-refractivity contribution < 1.29 is 22.7 Å². The molecular formula is C19H28F3N5O2. The third-order valence-electron chi connectivity index (χ3n) is 4.61. The van der Waals surface area contributed by atoms with E-state index >= 15 is 0 Å². The summed E-state index contributed by atoms with van der Waals surface area (Å²) >= 11 is 0. The molecule has 1 aliphatic rings. The molecule has 2 rings (SSSR count). The number of hydrogen-bond donors (Lipinski definition) is 2. The number of carbonyl (C=O) groups excluding carboxylic acids is 1. The molecule has 0 aliphatic carbocycles. The molecule has 1 heterocycles. The lowest BCUT2D eigenvalue weighted by atomic mass is 10.1. The quantitative estimate of drug-likeness (QED) is 0.398. The fourth-order valence-electron chi connectivity index (χ4n) is 3.02. The number of alkyl halides is 3. The van der Waals surface area contributed by atoms with Crippen molar-refractivity contribution in [3.05, 3.63) is 35.4 Å². The van der Waals surface area contributed by atoms with Crippen LogP contribution in [0.25, 0.3) is 0 Å². The van der Waals surface area contributed by atoms with Crippen LogP contribution in [0.1, 0.15) is 11.1 Å². The zero-order chi connectivity index (χ0) is 21.3. The van der Waals surface area contributed by atoms with Crippen LogP contribution in [0.4, 0.5) is 13.2 Å². The van der Waals surface area contributed by atoms with Gasteiger partial charge in [-0.05, 0) is 17.7 Å². The summed E-state index contributed by atoms with van der Waals surface area (Å²) in [6.07, 6.45) is -4.31. The van der Waals surface area contributed by atoms with E-state index in [9.17, 15) is 18.0 Å². The Morgan fingerprint density at radius 2 is 1.79 bits per heavy atom. The molecule has 1 saturated heterocycles. The normalized spacial score (nSPS) is 16.0. The highest BCUT2D eigenvalue weighted by Crippen LogP contribution is 2.29. The predicted octanol–water partition coefficient (Wildman–Crippen LogP) is 1.16. The van der Waals surface area contributed by atoms with Crippen molar-refractivity contribution in [3.63, 3.8) is 0 Å². The average molecular weight is 415 g/mol. The number of amides is 1. The van der Waals surface area contributed by atoms with Crippen molar-refractivity contribution in [1.82, 2.24) is 20.4 Å². The number of carbonyl (C=O) groups is 1. The highest BCUT2D eigenvalue weighted by molar-refractivity contribution is 5.86. The van der Waals surface area contributed by atoms with Crippen LogP contribution in [-0.4, -0.2) is 81.7 Å². The molecule has 1 aromatic rings. The van der Waals surface area contributed by atoms with Gasteiger partial charge in [-0.15, -0.1) is 0 Å². The van der Waals surface area contributed by atoms with Crippen LogP contribution in [0.2, 0.25) is 0 Å². The summed E-state index contributed by atoms with van der Waals surface area (Å²) in [6, 6.07) is 5.29. The maximum atomic E-state index is 12.7. The van der Waals surface area contributed by atoms with E-state index in [1.54, 1.807) is 14.2 Å². The number of aliphatic imine (C=N–C) groups is 1. The number of nitrogens with one attached hydrogen (secondary N) is 2. The molecule has 1 aromatic carbocycles. The van der Waals surface area contributed by atoms with Crippen LogP contribution in [0, 0.1) is 0 Å². The molecule has 0 radical (unpaired) electrons. The number of ether oxygens (including phenoxy) is 1. The van der Waals surface area contributed by atoms with Crippen molar-refractivity contribution in [3.8, 4) is 0 Å². The zero-order valence-electron chi connectivity index (χ0n) is 16.8. The fraction of sp³-hybridized carbons (Fsp3) is 0.579. The molecule has 0 atom stereocenters. The van der Waals surface area contributed by atoms with Crippen molar-refractivity contribution in [2.45, 2.75) is 12.7 Å². The number of benzene rings is 1. The minimum absolute atomic E-state index is 0.127. The number of halogens is 3. The first kappa shape index (κ1) is 23.0. The molecular weight excluding hydrogens is 387 g/mol. The number of guanidine groups is 1. The second-order valence-electron chi connectivity index (χ2n) is 6.70. The van der Waals surface area contributed by atoms with Gasteiger partial charge in [0, 0.05) is 53.4 Å². The standard InChI is InChI=1S/C19H28F3N5O2/c1-23-18(25-13-17(28)24-7-12-29-2)27-10-8-26(9-11-27)14-15-3-5-16(6-4-15)19(20,21)22/h3-6H,7-14H2,1-2H3,(H,23,25)(H,24,28). The Kier molecular flexibility index (Phi) is 8.71. The highest BCUT2D eigenvalue weighted by atomic mass is 19.4. The second-order valence-corrected chi connectivity index (χ2v) is 6.70. The van der Waals surface area contributed by atoms with E-state index in [1.807, 2.05) is 0 Å². The maximum Gasteiger partial charge on any atom is 0.416 e. The fourth-order valence-corrected chi connectivity index (χ4v) is 3.02. The van der Waals surface area contributed by atoms with E-state index in [2.05, 4.69) is 25.4 Å². The molecule has 0 unspecified atom stereocenters. The van der Waals surface area contributed by atoms with E-state index < -0.39 is 11.7 Å². The molecule has 162 valence electrons. The van der Waals surface area contributed by atoms with Crippen LogP contribution in [0.3, 0.4) is 0 Å². The van der Waals surface area contributed by atoms with Crippen LogP contribution in [-0.2, 0) is 22.3 Å². The van der Waals surface area contributed by atoms with Gasteiger partial charge in [-0.2, -0.15) is 13.2 Å². The molecule has 7 nitrogen and oxygen atoms in total. The van der Waals surface area contributed by atoms with E-state index in [1.165, 1.54) is 12.1 Å². The van der Waals surface area contributed by atoms with Crippen LogP contribution >= 0.6 is 0 Å². The van der Waals surface area contributed by atoms with Gasteiger partial charge >= 0.3 is 6.18 Å². The Morgan fingerprint density at radius 1 is 1.14 bits per heavy atom. The van der Waals surface area contributed by atoms with Gasteiger partial charge in [0.05, 0.1) is 18.7 Å². The van der Waals surface area contributed by atoms with Crippen molar-refractivity contribution in [2.75, 3.05) is 60.0 Å². The second kappa shape index (κ2) is 11.0. The summed E-state index contributed by atoms with van der Waals surface area (Å²) in [5, 5.41) is 5.78. The van der Waals surface area contributed by atoms with Gasteiger partial charge in [0.25, 0.3) is 0 Å². The maximum absolute atomic E-state index is 12.7. The largest absolute Gasteiger partial charge is 0.416 e. The molecule has 1 aliphatic heterocycles. The summed E-state index contributed by atoms with van der Waals surface area (Å²) in [6.45, 7) is 4.57. The van der Waals surface area contributed by atoms with Gasteiger partial charge in [-0.3, -0.25) is 14.7 Å². The number of hydrogen-bond acceptors (Lipinski definition) is 4. The molecule has 1 amide bonds. The van der Waals surface area contributed by atoms with Gasteiger partial charge in [-0.25, -0.2) is 0 Å². The molecule has 0 spiro atoms. The van der Waals surface area contributed by atoms with Crippen LogP contribution in [0.15, 0.2) is 29.3 Å². The minimum Gasteiger partial charge on any atom is -0.383 e. The lowest BCUT2D eigenvalue weighted by Crippen LogP contribution is -2.53. The van der Waals surface area contributed by atoms with Gasteiger partial charge in [-0.1, -0.05) is 12.1 Å². The highest BCUT2D eigenvalue weighted by Gasteiger charge is 2.30. The van der Waals surface area contributed by atoms with Crippen molar-refractivity contribution >= 4 is 11.9 Å². The van der Waals surface area contributed by atoms with Crippen molar-refractivity contribution in [1.29, 1.82) is 0 Å². The number of piperazine rings is 1. The minimum atomic E-state index is -4.31. The summed E-state index contributed by atoms with van der Waals surface area (Å²) in [4.78, 5) is 20.3. The van der Waals surface area contributed by atoms with E-state index in [0.29, 0.717) is 38.7 Å². The van der Waals surface area contributed by atoms with Crippen LogP contribution in [0.5, 0.6) is 0 Å². The van der Waals surface area contributed by atoms with E-state index in [-0.39, 0.29) is 12.5 Å². The van der Waals surface area contributed by atoms with Gasteiger partial charge in [0.15, 0.2) is 5.96 Å². The third kappa shape index (κ3) is 7.54. The van der Waals surface area contributed by atoms with Gasteiger partial charge < -0.3 is 20.3 Å². The Hall–Kier alpha value is -2.33. The first-order chi connectivity index (χ1) is 13.8. The van der Waals surface area contributed by atoms with E-state index in [4.69, 9.17) is 4.74 Å². The SMILES string of the molecule is CN=C(NCC(=O)NCCOC)N1CCN(Cc2ccc(C(F)(F)F)cc2)CC1. The lowest BCUT2D eigenvalue weighted by Gasteiger charge is -2.36. The molecule has 1 fully saturated rings. The topological polar surface area (TPSA) is 69.2 Å². The Morgan fingerprint density at radius 3 is 2.34 bits per heavy atom. The zero-order valence-corrected chi connectivity index (χ0v) is 16.8. The number of nitrogens with zero attached hydrogens (tertiary/aromatic N) is 3. The predicted molar refractivity (Wildman–Crippen MR) is 105 cm³/mol. The van der Waals surface area contributed by atoms with Crippen molar-refractivity contribution in [2.24, 2.45) is 4.99 Å². The first-order valence-corrected chi connectivity index (χ1v) is 9.43. The number of methoxy groups -OCH3 is 1. The Labute approximate surface area is 168 Å². The molecule has 0 saturated carbocycles. The lowest BCUT2D eigenvalue weighted by molar-refractivity contribution is -0.137. The Bertz CT molecular complexity index is 671. The molecule has 0 bridgehead atoms. The summed E-state index contributed by atoms with van der Waals surface area (Å²) < 4.78 is 42.9. The molecule has 0 aromatic heterocycles. The summed E-state index contributed by atoms with van der Waals surface area (Å²) in [5.41, 5.74) is 0.217. The molecule has 2 N–H and O–H groups in total. The molecule has 10 heteroatoms. The first-order valence-electron chi connectivity index (χ1n) is 9.43. The third-order valence-corrected chi connectivity index (χ3v) is 4.61. The van der Waals surface area contributed by atoms with Gasteiger partial charge in [0.1, 0.15) is 0 Å². The monoisotopic (exact) mass is 415 g/mol. The van der Waals surface area contributed by atoms with Crippen LogP contribution < -0.4 is 10.6 Å². The van der Waals surface area contributed by atoms with Gasteiger partial charge in [0.2, 0.25) is 5.91 Å². The number of rotatable bonds is 7.